The molecule has 1 aliphatic rings. The molecule has 0 saturated carbocycles. The minimum Gasteiger partial charge on any atom is -0.314 e. The first-order valence-electron chi connectivity index (χ1n) is 6.23. The molecule has 0 aliphatic carbocycles. The molecule has 20 heavy (non-hydrogen) atoms. The second-order valence-electron chi connectivity index (χ2n) is 4.50. The number of piperazine rings is 1. The molecule has 1 aromatic carbocycles. The highest BCUT2D eigenvalue weighted by molar-refractivity contribution is 9.10. The van der Waals surface area contributed by atoms with Crippen molar-refractivity contribution in [1.82, 2.24) is 10.2 Å². The summed E-state index contributed by atoms with van der Waals surface area (Å²) >= 11 is 3.19. The smallest absolute Gasteiger partial charge is 0.137 e. The largest absolute Gasteiger partial charge is 0.314 e. The van der Waals surface area contributed by atoms with Gasteiger partial charge in [-0.2, -0.15) is 0 Å². The van der Waals surface area contributed by atoms with Gasteiger partial charge in [0.2, 0.25) is 0 Å². The Hall–Kier alpha value is -0.130. The van der Waals surface area contributed by atoms with Gasteiger partial charge in [0, 0.05) is 32.2 Å². The quantitative estimate of drug-likeness (QED) is 0.789. The van der Waals surface area contributed by atoms with Crippen LogP contribution in [0.3, 0.4) is 0 Å². The van der Waals surface area contributed by atoms with Gasteiger partial charge in [0.25, 0.3) is 0 Å². The number of rotatable bonds is 4. The maximum atomic E-state index is 13.6. The molecule has 1 saturated heterocycles. The van der Waals surface area contributed by atoms with Gasteiger partial charge in [0.15, 0.2) is 0 Å². The Bertz CT molecular complexity index is 426. The van der Waals surface area contributed by atoms with Crippen molar-refractivity contribution in [2.24, 2.45) is 0 Å². The molecule has 1 fully saturated rings. The van der Waals surface area contributed by atoms with E-state index >= 15 is 0 Å². The van der Waals surface area contributed by atoms with Crippen molar-refractivity contribution < 1.29 is 4.39 Å². The van der Waals surface area contributed by atoms with Crippen LogP contribution in [0.5, 0.6) is 0 Å². The van der Waals surface area contributed by atoms with E-state index in [2.05, 4.69) is 32.7 Å². The Balaban J connectivity index is 0.00000180. The molecule has 1 atom stereocenters. The number of benzene rings is 1. The van der Waals surface area contributed by atoms with Crippen molar-refractivity contribution in [1.29, 1.82) is 0 Å². The summed E-state index contributed by atoms with van der Waals surface area (Å²) in [5, 5.41) is 3.33. The number of hydrogen-bond acceptors (Lipinski definition) is 2. The third kappa shape index (κ3) is 5.01. The van der Waals surface area contributed by atoms with E-state index in [1.54, 1.807) is 12.1 Å². The Kier molecular flexibility index (Phi) is 9.68. The van der Waals surface area contributed by atoms with Crippen LogP contribution in [0.4, 0.5) is 4.39 Å². The van der Waals surface area contributed by atoms with Crippen molar-refractivity contribution in [3.8, 4) is 0 Å². The maximum Gasteiger partial charge on any atom is 0.137 e. The summed E-state index contributed by atoms with van der Waals surface area (Å²) in [6.45, 7) is 7.79. The Morgan fingerprint density at radius 2 is 2.00 bits per heavy atom. The molecule has 1 heterocycles. The predicted octanol–water partition coefficient (Wildman–Crippen LogP) is 3.95. The van der Waals surface area contributed by atoms with Crippen LogP contribution in [-0.2, 0) is 0 Å². The van der Waals surface area contributed by atoms with Crippen LogP contribution < -0.4 is 5.32 Å². The summed E-state index contributed by atoms with van der Waals surface area (Å²) in [7, 11) is 0. The van der Waals surface area contributed by atoms with Crippen LogP contribution in [-0.4, -0.2) is 31.1 Å². The Labute approximate surface area is 140 Å². The molecule has 0 aromatic heterocycles. The molecule has 0 spiro atoms. The fraction of sp³-hybridized carbons (Fsp3) is 0.429. The third-order valence-corrected chi connectivity index (χ3v) is 3.95. The first-order valence-corrected chi connectivity index (χ1v) is 7.02. The molecule has 1 aliphatic heterocycles. The second-order valence-corrected chi connectivity index (χ2v) is 5.35. The molecule has 114 valence electrons. The van der Waals surface area contributed by atoms with E-state index < -0.39 is 0 Å². The minimum absolute atomic E-state index is 0. The summed E-state index contributed by atoms with van der Waals surface area (Å²) < 4.78 is 14.2. The van der Waals surface area contributed by atoms with Crippen LogP contribution in [0, 0.1) is 5.82 Å². The normalized spacial score (nSPS) is 16.7. The average molecular weight is 386 g/mol. The Morgan fingerprint density at radius 3 is 2.55 bits per heavy atom. The van der Waals surface area contributed by atoms with E-state index in [0.717, 1.165) is 38.2 Å². The maximum absolute atomic E-state index is 13.6. The van der Waals surface area contributed by atoms with E-state index in [-0.39, 0.29) is 36.7 Å². The molecule has 2 nitrogen and oxygen atoms in total. The van der Waals surface area contributed by atoms with E-state index in [4.69, 9.17) is 0 Å². The number of nitrogens with one attached hydrogen (secondary N) is 1. The average Bonchev–Trinajstić information content (AvgIpc) is 2.40. The second kappa shape index (κ2) is 9.74. The number of halogens is 4. The number of hydrogen-bond donors (Lipinski definition) is 1. The lowest BCUT2D eigenvalue weighted by molar-refractivity contribution is 0.174. The van der Waals surface area contributed by atoms with Gasteiger partial charge in [-0.3, -0.25) is 4.90 Å². The molecule has 0 amide bonds. The summed E-state index contributed by atoms with van der Waals surface area (Å²) in [4.78, 5) is 2.39. The van der Waals surface area contributed by atoms with Crippen molar-refractivity contribution in [2.75, 3.05) is 26.2 Å². The predicted molar refractivity (Wildman–Crippen MR) is 90.6 cm³/mol. The summed E-state index contributed by atoms with van der Waals surface area (Å²) in [6, 6.07) is 5.62. The summed E-state index contributed by atoms with van der Waals surface area (Å²) in [5.74, 6) is -0.198. The van der Waals surface area contributed by atoms with Gasteiger partial charge < -0.3 is 5.32 Å². The minimum atomic E-state index is -0.198. The van der Waals surface area contributed by atoms with Crippen LogP contribution in [0.25, 0.3) is 0 Å². The molecular weight excluding hydrogens is 366 g/mol. The topological polar surface area (TPSA) is 15.3 Å². The highest BCUT2D eigenvalue weighted by Crippen LogP contribution is 2.27. The lowest BCUT2D eigenvalue weighted by atomic mass is 10.0. The van der Waals surface area contributed by atoms with E-state index in [0.29, 0.717) is 4.47 Å². The lowest BCUT2D eigenvalue weighted by Gasteiger charge is -2.34. The Morgan fingerprint density at radius 1 is 1.35 bits per heavy atom. The zero-order chi connectivity index (χ0) is 13.0. The molecule has 1 N–H and O–H groups in total. The first-order chi connectivity index (χ1) is 8.72. The van der Waals surface area contributed by atoms with Crippen LogP contribution in [0.2, 0.25) is 0 Å². The molecule has 0 unspecified atom stereocenters. The van der Waals surface area contributed by atoms with Gasteiger partial charge in [-0.25, -0.2) is 4.39 Å². The van der Waals surface area contributed by atoms with E-state index in [1.807, 2.05) is 12.1 Å². The van der Waals surface area contributed by atoms with Gasteiger partial charge in [-0.1, -0.05) is 12.1 Å². The van der Waals surface area contributed by atoms with Crippen molar-refractivity contribution in [3.63, 3.8) is 0 Å². The fourth-order valence-corrected chi connectivity index (χ4v) is 2.61. The summed E-state index contributed by atoms with van der Waals surface area (Å²) in [5.41, 5.74) is 1.03. The monoisotopic (exact) mass is 384 g/mol. The van der Waals surface area contributed by atoms with Gasteiger partial charge >= 0.3 is 0 Å². The standard InChI is InChI=1S/C14H18BrFN2.2ClH/c1-2-3-14(18-8-6-17-7-9-18)11-4-5-12(15)13(16)10-11;;/h2,4-5,10,14,17H,1,3,6-9H2;2*1H/t14-;;/m1../s1. The molecular formula is C14H20BrCl2FN2. The molecule has 6 heteroatoms. The van der Waals surface area contributed by atoms with Crippen molar-refractivity contribution >= 4 is 40.7 Å². The third-order valence-electron chi connectivity index (χ3n) is 3.31. The van der Waals surface area contributed by atoms with Crippen LogP contribution >= 0.6 is 40.7 Å². The van der Waals surface area contributed by atoms with E-state index in [1.165, 1.54) is 0 Å². The molecule has 0 bridgehead atoms. The highest BCUT2D eigenvalue weighted by Gasteiger charge is 2.21. The van der Waals surface area contributed by atoms with Gasteiger partial charge in [-0.05, 0) is 40.0 Å². The van der Waals surface area contributed by atoms with Crippen molar-refractivity contribution in [3.05, 3.63) is 46.7 Å². The zero-order valence-corrected chi connectivity index (χ0v) is 14.4. The molecule has 2 rings (SSSR count). The van der Waals surface area contributed by atoms with Crippen molar-refractivity contribution in [2.45, 2.75) is 12.5 Å². The fourth-order valence-electron chi connectivity index (χ4n) is 2.37. The van der Waals surface area contributed by atoms with Crippen LogP contribution in [0.1, 0.15) is 18.0 Å². The van der Waals surface area contributed by atoms with Gasteiger partial charge in [-0.15, -0.1) is 31.4 Å². The highest BCUT2D eigenvalue weighted by atomic mass is 79.9. The SMILES string of the molecule is C=CC[C@H](c1ccc(Br)c(F)c1)N1CCNCC1.Cl.Cl. The zero-order valence-electron chi connectivity index (χ0n) is 11.1. The first kappa shape index (κ1) is 19.9. The summed E-state index contributed by atoms with van der Waals surface area (Å²) in [6.07, 6.45) is 2.76. The van der Waals surface area contributed by atoms with Gasteiger partial charge in [0.05, 0.1) is 4.47 Å². The lowest BCUT2D eigenvalue weighted by Crippen LogP contribution is -2.45. The number of nitrogens with zero attached hydrogens (tertiary/aromatic N) is 1. The van der Waals surface area contributed by atoms with Gasteiger partial charge in [0.1, 0.15) is 5.82 Å². The molecule has 0 radical (unpaired) electrons. The van der Waals surface area contributed by atoms with E-state index in [9.17, 15) is 4.39 Å². The van der Waals surface area contributed by atoms with Crippen LogP contribution in [0.15, 0.2) is 35.3 Å². The molecule has 1 aromatic rings.